The van der Waals surface area contributed by atoms with Gasteiger partial charge in [-0.2, -0.15) is 4.31 Å². The number of carbonyl (C=O) groups excluding carboxylic acids is 1. The van der Waals surface area contributed by atoms with Gasteiger partial charge in [-0.3, -0.25) is 10.1 Å². The Balaban J connectivity index is 1.31. The van der Waals surface area contributed by atoms with Gasteiger partial charge in [0, 0.05) is 24.2 Å². The summed E-state index contributed by atoms with van der Waals surface area (Å²) < 4.78 is 33.0. The van der Waals surface area contributed by atoms with Crippen molar-refractivity contribution in [2.45, 2.75) is 31.3 Å². The Labute approximate surface area is 191 Å². The zero-order chi connectivity index (χ0) is 22.3. The Morgan fingerprint density at radius 2 is 1.84 bits per heavy atom. The molecule has 1 saturated heterocycles. The van der Waals surface area contributed by atoms with Gasteiger partial charge in [-0.05, 0) is 55.2 Å². The van der Waals surface area contributed by atoms with Crippen LogP contribution in [0.1, 0.15) is 35.0 Å². The molecule has 0 unspecified atom stereocenters. The lowest BCUT2D eigenvalue weighted by Crippen LogP contribution is -2.37. The lowest BCUT2D eigenvalue weighted by molar-refractivity contribution is 0.102. The van der Waals surface area contributed by atoms with Gasteiger partial charge < -0.3 is 4.74 Å². The smallest absolute Gasteiger partial charge is 0.257 e. The van der Waals surface area contributed by atoms with Crippen molar-refractivity contribution >= 4 is 32.4 Å². The molecule has 0 atom stereocenters. The lowest BCUT2D eigenvalue weighted by Gasteiger charge is -2.29. The Hall–Kier alpha value is -2.75. The molecule has 0 saturated carbocycles. The van der Waals surface area contributed by atoms with E-state index < -0.39 is 10.0 Å². The molecule has 166 valence electrons. The van der Waals surface area contributed by atoms with Gasteiger partial charge in [-0.1, -0.05) is 30.4 Å². The number of carbonyl (C=O) groups is 1. The molecular formula is C23H23N3O4S2. The molecule has 5 rings (SSSR count). The fraction of sp³-hybridized carbons (Fsp3) is 0.304. The van der Waals surface area contributed by atoms with Gasteiger partial charge in [-0.25, -0.2) is 13.4 Å². The highest BCUT2D eigenvalue weighted by molar-refractivity contribution is 7.89. The summed E-state index contributed by atoms with van der Waals surface area (Å²) >= 11 is 1.38. The Morgan fingerprint density at radius 1 is 1.12 bits per heavy atom. The second-order valence-corrected chi connectivity index (χ2v) is 11.2. The third-order valence-corrected chi connectivity index (χ3v) is 8.77. The van der Waals surface area contributed by atoms with E-state index >= 15 is 0 Å². The van der Waals surface area contributed by atoms with E-state index in [-0.39, 0.29) is 10.8 Å². The number of anilines is 1. The van der Waals surface area contributed by atoms with Crippen LogP contribution >= 0.6 is 11.3 Å². The molecule has 9 heteroatoms. The first-order valence-corrected chi connectivity index (χ1v) is 12.8. The van der Waals surface area contributed by atoms with E-state index in [1.807, 2.05) is 24.3 Å². The Morgan fingerprint density at radius 3 is 2.59 bits per heavy atom. The van der Waals surface area contributed by atoms with Crippen LogP contribution in [-0.4, -0.2) is 36.7 Å². The van der Waals surface area contributed by atoms with Gasteiger partial charge in [0.1, 0.15) is 12.4 Å². The van der Waals surface area contributed by atoms with Crippen LogP contribution in [0.5, 0.6) is 5.75 Å². The number of para-hydroxylation sites is 1. The Bertz CT molecular complexity index is 1260. The molecule has 32 heavy (non-hydrogen) atoms. The fourth-order valence-electron chi connectivity index (χ4n) is 3.97. The normalized spacial score (nSPS) is 16.7. The number of benzene rings is 2. The van der Waals surface area contributed by atoms with Crippen molar-refractivity contribution in [3.05, 3.63) is 59.0 Å². The van der Waals surface area contributed by atoms with Crippen LogP contribution < -0.4 is 10.1 Å². The van der Waals surface area contributed by atoms with Crippen molar-refractivity contribution in [2.75, 3.05) is 18.4 Å². The molecule has 0 spiro atoms. The largest absolute Gasteiger partial charge is 0.487 e. The van der Waals surface area contributed by atoms with Crippen LogP contribution in [0, 0.1) is 5.92 Å². The number of nitrogens with zero attached hydrogens (tertiary/aromatic N) is 2. The minimum atomic E-state index is -3.54. The first-order chi connectivity index (χ1) is 15.4. The lowest BCUT2D eigenvalue weighted by atomic mass is 10.0. The number of aromatic nitrogens is 1. The standard InChI is InChI=1S/C23H23N3O4S2/c1-15-10-12-26(13-11-15)32(28,29)17-8-6-16(7-9-17)22(27)25-23-24-21-18-4-2-3-5-19(18)30-14-20(21)31-23/h2-9,15H,10-14H2,1H3,(H,24,25,27). The number of ether oxygens (including phenoxy) is 1. The van der Waals surface area contributed by atoms with Crippen LogP contribution in [0.2, 0.25) is 0 Å². The summed E-state index contributed by atoms with van der Waals surface area (Å²) in [5, 5.41) is 3.31. The maximum absolute atomic E-state index is 12.9. The second-order valence-electron chi connectivity index (χ2n) is 8.14. The summed E-state index contributed by atoms with van der Waals surface area (Å²) in [7, 11) is -3.54. The van der Waals surface area contributed by atoms with Crippen molar-refractivity contribution in [2.24, 2.45) is 5.92 Å². The summed E-state index contributed by atoms with van der Waals surface area (Å²) in [5.74, 6) is 0.994. The minimum absolute atomic E-state index is 0.210. The van der Waals surface area contributed by atoms with Gasteiger partial charge in [0.05, 0.1) is 15.5 Å². The first kappa shape index (κ1) is 21.1. The molecule has 1 fully saturated rings. The van der Waals surface area contributed by atoms with Crippen LogP contribution in [-0.2, 0) is 16.6 Å². The molecule has 3 aromatic rings. The predicted octanol–water partition coefficient (Wildman–Crippen LogP) is 4.38. The molecule has 0 radical (unpaired) electrons. The maximum Gasteiger partial charge on any atom is 0.257 e. The van der Waals surface area contributed by atoms with Crippen LogP contribution in [0.25, 0.3) is 11.3 Å². The monoisotopic (exact) mass is 469 g/mol. The van der Waals surface area contributed by atoms with E-state index in [0.717, 1.165) is 34.7 Å². The maximum atomic E-state index is 12.9. The van der Waals surface area contributed by atoms with E-state index in [0.29, 0.717) is 36.3 Å². The summed E-state index contributed by atoms with van der Waals surface area (Å²) in [6, 6.07) is 13.8. The molecule has 0 aliphatic carbocycles. The number of hydrogen-bond donors (Lipinski definition) is 1. The third-order valence-electron chi connectivity index (χ3n) is 5.92. The van der Waals surface area contributed by atoms with E-state index in [1.54, 1.807) is 12.1 Å². The zero-order valence-electron chi connectivity index (χ0n) is 17.6. The molecule has 3 heterocycles. The minimum Gasteiger partial charge on any atom is -0.487 e. The van der Waals surface area contributed by atoms with Crippen LogP contribution in [0.15, 0.2) is 53.4 Å². The van der Waals surface area contributed by atoms with E-state index in [9.17, 15) is 13.2 Å². The Kier molecular flexibility index (Phi) is 5.48. The number of fused-ring (bicyclic) bond motifs is 3. The first-order valence-electron chi connectivity index (χ1n) is 10.6. The average Bonchev–Trinajstić information content (AvgIpc) is 3.22. The van der Waals surface area contributed by atoms with Crippen molar-refractivity contribution in [1.29, 1.82) is 0 Å². The van der Waals surface area contributed by atoms with Gasteiger partial charge >= 0.3 is 0 Å². The summed E-state index contributed by atoms with van der Waals surface area (Å²) in [4.78, 5) is 18.5. The van der Waals surface area contributed by atoms with Crippen LogP contribution in [0.3, 0.4) is 0 Å². The van der Waals surface area contributed by atoms with Crippen molar-refractivity contribution in [3.63, 3.8) is 0 Å². The van der Waals surface area contributed by atoms with Crippen molar-refractivity contribution in [1.82, 2.24) is 9.29 Å². The average molecular weight is 470 g/mol. The van der Waals surface area contributed by atoms with Gasteiger partial charge in [0.25, 0.3) is 5.91 Å². The molecule has 1 amide bonds. The molecule has 2 aromatic carbocycles. The third kappa shape index (κ3) is 3.92. The van der Waals surface area contributed by atoms with Crippen molar-refractivity contribution < 1.29 is 17.9 Å². The molecule has 1 N–H and O–H groups in total. The molecular weight excluding hydrogens is 446 g/mol. The SMILES string of the molecule is CC1CCN(S(=O)(=O)c2ccc(C(=O)Nc3nc4c(s3)COc3ccccc3-4)cc2)CC1. The summed E-state index contributed by atoms with van der Waals surface area (Å²) in [6.45, 7) is 3.63. The highest BCUT2D eigenvalue weighted by Crippen LogP contribution is 2.40. The molecule has 7 nitrogen and oxygen atoms in total. The second kappa shape index (κ2) is 8.31. The van der Waals surface area contributed by atoms with Gasteiger partial charge in [0.2, 0.25) is 10.0 Å². The molecule has 2 aliphatic heterocycles. The quantitative estimate of drug-likeness (QED) is 0.613. The van der Waals surface area contributed by atoms with Gasteiger partial charge in [0.15, 0.2) is 5.13 Å². The summed E-state index contributed by atoms with van der Waals surface area (Å²) in [5.41, 5.74) is 2.11. The highest BCUT2D eigenvalue weighted by atomic mass is 32.2. The van der Waals surface area contributed by atoms with Crippen molar-refractivity contribution in [3.8, 4) is 17.0 Å². The summed E-state index contributed by atoms with van der Waals surface area (Å²) in [6.07, 6.45) is 1.74. The van der Waals surface area contributed by atoms with E-state index in [1.165, 1.54) is 27.8 Å². The number of piperidine rings is 1. The molecule has 1 aromatic heterocycles. The number of nitrogens with one attached hydrogen (secondary N) is 1. The molecule has 2 aliphatic rings. The fourth-order valence-corrected chi connectivity index (χ4v) is 6.32. The van der Waals surface area contributed by atoms with Gasteiger partial charge in [-0.15, -0.1) is 0 Å². The number of sulfonamides is 1. The van der Waals surface area contributed by atoms with E-state index in [2.05, 4.69) is 17.2 Å². The number of hydrogen-bond acceptors (Lipinski definition) is 6. The predicted molar refractivity (Wildman–Crippen MR) is 123 cm³/mol. The number of rotatable bonds is 4. The number of amides is 1. The van der Waals surface area contributed by atoms with Crippen LogP contribution in [0.4, 0.5) is 5.13 Å². The topological polar surface area (TPSA) is 88.6 Å². The molecule has 0 bridgehead atoms. The highest BCUT2D eigenvalue weighted by Gasteiger charge is 2.28. The zero-order valence-corrected chi connectivity index (χ0v) is 19.2. The number of thiazole rings is 1. The van der Waals surface area contributed by atoms with E-state index in [4.69, 9.17) is 4.74 Å².